The van der Waals surface area contributed by atoms with Crippen molar-refractivity contribution < 1.29 is 9.53 Å². The van der Waals surface area contributed by atoms with Crippen molar-refractivity contribution >= 4 is 17.8 Å². The Morgan fingerprint density at radius 1 is 0.968 bits per heavy atom. The topological polar surface area (TPSA) is 53.9 Å². The van der Waals surface area contributed by atoms with Crippen LogP contribution in [0.3, 0.4) is 0 Å². The van der Waals surface area contributed by atoms with Crippen molar-refractivity contribution in [1.29, 1.82) is 0 Å². The first-order valence-electron chi connectivity index (χ1n) is 10.4. The summed E-state index contributed by atoms with van der Waals surface area (Å²) in [7, 11) is 0. The van der Waals surface area contributed by atoms with Crippen LogP contribution in [0.4, 0.5) is 5.69 Å². The van der Waals surface area contributed by atoms with Gasteiger partial charge in [0, 0.05) is 18.8 Å². The van der Waals surface area contributed by atoms with E-state index in [1.54, 1.807) is 6.21 Å². The third kappa shape index (κ3) is 5.12. The van der Waals surface area contributed by atoms with Crippen LogP contribution in [0, 0.1) is 20.8 Å². The molecule has 3 aromatic carbocycles. The van der Waals surface area contributed by atoms with Crippen LogP contribution in [0.1, 0.15) is 33.4 Å². The number of hydrazone groups is 1. The summed E-state index contributed by atoms with van der Waals surface area (Å²) in [5.41, 5.74) is 11.3. The van der Waals surface area contributed by atoms with Gasteiger partial charge in [-0.3, -0.25) is 4.79 Å². The minimum atomic E-state index is -0.297. The highest BCUT2D eigenvalue weighted by molar-refractivity contribution is 5.83. The van der Waals surface area contributed by atoms with Gasteiger partial charge in [0.15, 0.2) is 6.61 Å². The molecule has 0 bridgehead atoms. The summed E-state index contributed by atoms with van der Waals surface area (Å²) in [6.45, 7) is 8.12. The fraction of sp³-hybridized carbons (Fsp3) is 0.231. The second-order valence-electron chi connectivity index (χ2n) is 8.05. The highest BCUT2D eigenvalue weighted by atomic mass is 16.5. The van der Waals surface area contributed by atoms with E-state index >= 15 is 0 Å². The number of amides is 1. The molecule has 1 N–H and O–H groups in total. The van der Waals surface area contributed by atoms with Gasteiger partial charge in [0.1, 0.15) is 5.75 Å². The van der Waals surface area contributed by atoms with Crippen LogP contribution >= 0.6 is 0 Å². The third-order valence-corrected chi connectivity index (χ3v) is 5.59. The molecule has 1 aliphatic rings. The Balaban J connectivity index is 1.28. The minimum absolute atomic E-state index is 0.0756. The molecule has 0 atom stereocenters. The maximum atomic E-state index is 11.9. The van der Waals surface area contributed by atoms with Crippen molar-refractivity contribution in [3.8, 4) is 5.75 Å². The number of aryl methyl sites for hydroxylation is 3. The van der Waals surface area contributed by atoms with Gasteiger partial charge in [0.25, 0.3) is 5.91 Å². The maximum absolute atomic E-state index is 11.9. The number of carbonyl (C=O) groups is 1. The molecule has 1 aliphatic heterocycles. The molecule has 1 amide bonds. The molecule has 0 fully saturated rings. The van der Waals surface area contributed by atoms with E-state index in [9.17, 15) is 4.79 Å². The summed E-state index contributed by atoms with van der Waals surface area (Å²) < 4.78 is 5.45. The number of nitrogens with zero attached hydrogens (tertiary/aromatic N) is 2. The van der Waals surface area contributed by atoms with Crippen molar-refractivity contribution in [2.24, 2.45) is 5.10 Å². The quantitative estimate of drug-likeness (QED) is 0.472. The molecule has 31 heavy (non-hydrogen) atoms. The van der Waals surface area contributed by atoms with Crippen LogP contribution in [0.2, 0.25) is 0 Å². The summed E-state index contributed by atoms with van der Waals surface area (Å²) in [6, 6.07) is 20.4. The van der Waals surface area contributed by atoms with Crippen molar-refractivity contribution in [2.45, 2.75) is 33.9 Å². The zero-order chi connectivity index (χ0) is 21.8. The largest absolute Gasteiger partial charge is 0.484 e. The first-order valence-corrected chi connectivity index (χ1v) is 10.4. The number of fused-ring (bicyclic) bond motifs is 1. The van der Waals surface area contributed by atoms with Gasteiger partial charge in [0.2, 0.25) is 0 Å². The van der Waals surface area contributed by atoms with Crippen molar-refractivity contribution in [2.75, 3.05) is 11.5 Å². The van der Waals surface area contributed by atoms with Gasteiger partial charge in [-0.2, -0.15) is 5.10 Å². The smallest absolute Gasteiger partial charge is 0.277 e. The van der Waals surface area contributed by atoms with Crippen LogP contribution in [0.25, 0.3) is 0 Å². The van der Waals surface area contributed by atoms with Gasteiger partial charge in [-0.15, -0.1) is 0 Å². The summed E-state index contributed by atoms with van der Waals surface area (Å²) in [6.07, 6.45) is 1.64. The van der Waals surface area contributed by atoms with Crippen LogP contribution in [0.5, 0.6) is 5.75 Å². The van der Waals surface area contributed by atoms with Gasteiger partial charge in [0.05, 0.1) is 6.21 Å². The molecular weight excluding hydrogens is 386 g/mol. The Morgan fingerprint density at radius 3 is 2.19 bits per heavy atom. The molecule has 1 heterocycles. The van der Waals surface area contributed by atoms with Gasteiger partial charge in [-0.25, -0.2) is 5.43 Å². The summed E-state index contributed by atoms with van der Waals surface area (Å²) in [5.74, 6) is 0.364. The third-order valence-electron chi connectivity index (χ3n) is 5.59. The molecule has 5 nitrogen and oxygen atoms in total. The predicted molar refractivity (Wildman–Crippen MR) is 125 cm³/mol. The summed E-state index contributed by atoms with van der Waals surface area (Å²) in [5, 5.41) is 4.03. The number of hydrogen-bond donors (Lipinski definition) is 1. The molecule has 0 spiro atoms. The molecule has 0 unspecified atom stereocenters. The van der Waals surface area contributed by atoms with Crippen molar-refractivity contribution in [3.05, 3.63) is 94.0 Å². The standard InChI is InChI=1S/C26H27N3O2/c1-18-4-10-25(11-5-18)31-17-26(30)28-27-14-21-6-8-24(9-7-21)29-15-22-12-19(2)20(3)13-23(22)16-29/h4-14H,15-17H2,1-3H3,(H,28,30)/b27-14-. The van der Waals surface area contributed by atoms with E-state index in [0.29, 0.717) is 5.75 Å². The van der Waals surface area contributed by atoms with Gasteiger partial charge < -0.3 is 9.64 Å². The van der Waals surface area contributed by atoms with Gasteiger partial charge >= 0.3 is 0 Å². The summed E-state index contributed by atoms with van der Waals surface area (Å²) >= 11 is 0. The van der Waals surface area contributed by atoms with E-state index in [-0.39, 0.29) is 12.5 Å². The SMILES string of the molecule is Cc1ccc(OCC(=O)N/N=C\c2ccc(N3Cc4cc(C)c(C)cc4C3)cc2)cc1. The number of rotatable bonds is 6. The number of anilines is 1. The van der Waals surface area contributed by atoms with Crippen LogP contribution < -0.4 is 15.1 Å². The Kier molecular flexibility index (Phi) is 6.03. The Labute approximate surface area is 183 Å². The molecule has 5 heteroatoms. The molecule has 158 valence electrons. The van der Waals surface area contributed by atoms with Crippen LogP contribution in [0.15, 0.2) is 65.8 Å². The fourth-order valence-electron chi connectivity index (χ4n) is 3.65. The zero-order valence-corrected chi connectivity index (χ0v) is 18.2. The highest BCUT2D eigenvalue weighted by Gasteiger charge is 2.19. The number of hydrogen-bond acceptors (Lipinski definition) is 4. The van der Waals surface area contributed by atoms with Crippen LogP contribution in [-0.2, 0) is 17.9 Å². The van der Waals surface area contributed by atoms with Crippen molar-refractivity contribution in [1.82, 2.24) is 5.43 Å². The highest BCUT2D eigenvalue weighted by Crippen LogP contribution is 2.30. The van der Waals surface area contributed by atoms with E-state index in [1.807, 2.05) is 43.3 Å². The lowest BCUT2D eigenvalue weighted by atomic mass is 10.0. The second kappa shape index (κ2) is 9.04. The monoisotopic (exact) mass is 413 g/mol. The molecule has 3 aromatic rings. The number of benzene rings is 3. The van der Waals surface area contributed by atoms with E-state index in [2.05, 4.69) is 53.5 Å². The number of carbonyl (C=O) groups excluding carboxylic acids is 1. The summed E-state index contributed by atoms with van der Waals surface area (Å²) in [4.78, 5) is 14.3. The average Bonchev–Trinajstić information content (AvgIpc) is 3.17. The molecule has 0 aromatic heterocycles. The van der Waals surface area contributed by atoms with E-state index in [4.69, 9.17) is 4.74 Å². The predicted octanol–water partition coefficient (Wildman–Crippen LogP) is 4.66. The lowest BCUT2D eigenvalue weighted by Gasteiger charge is -2.17. The molecule has 0 aliphatic carbocycles. The molecule has 0 radical (unpaired) electrons. The van der Waals surface area contributed by atoms with Crippen LogP contribution in [-0.4, -0.2) is 18.7 Å². The minimum Gasteiger partial charge on any atom is -0.484 e. The molecule has 0 saturated carbocycles. The maximum Gasteiger partial charge on any atom is 0.277 e. The lowest BCUT2D eigenvalue weighted by molar-refractivity contribution is -0.123. The molecule has 4 rings (SSSR count). The second-order valence-corrected chi connectivity index (χ2v) is 8.05. The first kappa shape index (κ1) is 20.7. The molecular formula is C26H27N3O2. The van der Waals surface area contributed by atoms with E-state index < -0.39 is 0 Å². The van der Waals surface area contributed by atoms with E-state index in [0.717, 1.165) is 24.2 Å². The van der Waals surface area contributed by atoms with E-state index in [1.165, 1.54) is 27.9 Å². The number of ether oxygens (including phenoxy) is 1. The normalized spacial score (nSPS) is 12.8. The van der Waals surface area contributed by atoms with Gasteiger partial charge in [-0.05, 0) is 72.9 Å². The zero-order valence-electron chi connectivity index (χ0n) is 18.2. The first-order chi connectivity index (χ1) is 15.0. The van der Waals surface area contributed by atoms with Gasteiger partial charge in [-0.1, -0.05) is 42.0 Å². The number of nitrogens with one attached hydrogen (secondary N) is 1. The Bertz CT molecular complexity index is 1070. The average molecular weight is 414 g/mol. The lowest BCUT2D eigenvalue weighted by Crippen LogP contribution is -2.24. The molecule has 0 saturated heterocycles. The Hall–Kier alpha value is -3.60. The van der Waals surface area contributed by atoms with Crippen molar-refractivity contribution in [3.63, 3.8) is 0 Å². The Morgan fingerprint density at radius 2 is 1.58 bits per heavy atom. The fourth-order valence-corrected chi connectivity index (χ4v) is 3.65.